The summed E-state index contributed by atoms with van der Waals surface area (Å²) in [7, 11) is 0. The summed E-state index contributed by atoms with van der Waals surface area (Å²) in [5.41, 5.74) is 12.9. The minimum Gasteiger partial charge on any atom is -0.508 e. The molecule has 0 saturated carbocycles. The number of benzene rings is 2. The van der Waals surface area contributed by atoms with Crippen LogP contribution in [0.2, 0.25) is 0 Å². The summed E-state index contributed by atoms with van der Waals surface area (Å²) in [6, 6.07) is 6.95. The molecule has 3 amide bonds. The molecule has 2 aromatic rings. The quantitative estimate of drug-likeness (QED) is 0.101. The molecule has 0 fully saturated rings. The van der Waals surface area contributed by atoms with Crippen LogP contribution in [0.4, 0.5) is 0 Å². The van der Waals surface area contributed by atoms with Crippen LogP contribution in [-0.2, 0) is 36.8 Å². The molecule has 0 radical (unpaired) electrons. The lowest BCUT2D eigenvalue weighted by atomic mass is 10.0. The Balaban J connectivity index is 2.23. The van der Waals surface area contributed by atoms with Gasteiger partial charge in [-0.3, -0.25) is 19.2 Å². The van der Waals surface area contributed by atoms with E-state index in [1.807, 2.05) is 0 Å². The van der Waals surface area contributed by atoms with Gasteiger partial charge in [0.1, 0.15) is 29.6 Å². The van der Waals surface area contributed by atoms with Gasteiger partial charge in [0, 0.05) is 12.8 Å². The minimum atomic E-state index is -1.53. The highest BCUT2D eigenvalue weighted by atomic mass is 16.4. The van der Waals surface area contributed by atoms with E-state index in [1.165, 1.54) is 36.4 Å². The van der Waals surface area contributed by atoms with Crippen molar-refractivity contribution in [2.45, 2.75) is 69.1 Å². The molecule has 0 heterocycles. The summed E-state index contributed by atoms with van der Waals surface area (Å²) in [6.07, 6.45) is 0.326. The molecular formula is C29H39N5O9. The van der Waals surface area contributed by atoms with E-state index in [2.05, 4.69) is 16.0 Å². The van der Waals surface area contributed by atoms with Crippen LogP contribution in [0.1, 0.15) is 43.2 Å². The topological polar surface area (TPSA) is 254 Å². The van der Waals surface area contributed by atoms with E-state index in [-0.39, 0.29) is 37.2 Å². The highest BCUT2D eigenvalue weighted by molar-refractivity contribution is 5.94. The molecule has 0 aliphatic carbocycles. The molecule has 234 valence electrons. The van der Waals surface area contributed by atoms with Crippen molar-refractivity contribution < 1.29 is 44.4 Å². The number of nitrogens with two attached hydrogens (primary N) is 2. The molecule has 0 saturated heterocycles. The number of nitrogens with one attached hydrogen (secondary N) is 3. The van der Waals surface area contributed by atoms with Crippen molar-refractivity contribution in [3.63, 3.8) is 0 Å². The van der Waals surface area contributed by atoms with Crippen LogP contribution in [0.5, 0.6) is 11.5 Å². The van der Waals surface area contributed by atoms with Crippen LogP contribution in [0.3, 0.4) is 0 Å². The fourth-order valence-electron chi connectivity index (χ4n) is 4.17. The third-order valence-electron chi connectivity index (χ3n) is 6.58. The van der Waals surface area contributed by atoms with E-state index in [9.17, 15) is 39.3 Å². The molecule has 0 spiro atoms. The molecule has 0 aliphatic heterocycles. The Labute approximate surface area is 248 Å². The molecular weight excluding hydrogens is 562 g/mol. The molecule has 11 N–H and O–H groups in total. The van der Waals surface area contributed by atoms with Gasteiger partial charge in [-0.15, -0.1) is 0 Å². The first-order chi connectivity index (χ1) is 20.4. The number of phenolic OH excluding ortho intramolecular Hbond substituents is 2. The Kier molecular flexibility index (Phi) is 13.9. The molecule has 14 nitrogen and oxygen atoms in total. The molecule has 2 aromatic carbocycles. The third-order valence-corrected chi connectivity index (χ3v) is 6.58. The van der Waals surface area contributed by atoms with E-state index < -0.39 is 60.2 Å². The zero-order chi connectivity index (χ0) is 31.9. The maximum Gasteiger partial charge on any atom is 0.326 e. The Morgan fingerprint density at radius 3 is 1.65 bits per heavy atom. The minimum absolute atomic E-state index is 0.0280. The lowest BCUT2D eigenvalue weighted by molar-refractivity contribution is -0.143. The fourth-order valence-corrected chi connectivity index (χ4v) is 4.17. The van der Waals surface area contributed by atoms with Gasteiger partial charge in [0.15, 0.2) is 0 Å². The molecule has 2 rings (SSSR count). The van der Waals surface area contributed by atoms with Crippen molar-refractivity contribution >= 4 is 29.7 Å². The number of carbonyl (C=O) groups excluding carboxylic acids is 3. The highest BCUT2D eigenvalue weighted by Gasteiger charge is 2.30. The van der Waals surface area contributed by atoms with E-state index in [1.54, 1.807) is 12.1 Å². The number of aliphatic carboxylic acids is 2. The van der Waals surface area contributed by atoms with Crippen LogP contribution in [0.25, 0.3) is 0 Å². The first-order valence-electron chi connectivity index (χ1n) is 13.8. The van der Waals surface area contributed by atoms with Gasteiger partial charge < -0.3 is 47.8 Å². The summed E-state index contributed by atoms with van der Waals surface area (Å²) in [6.45, 7) is 0.349. The van der Waals surface area contributed by atoms with Crippen molar-refractivity contribution in [2.24, 2.45) is 11.5 Å². The van der Waals surface area contributed by atoms with E-state index >= 15 is 0 Å². The van der Waals surface area contributed by atoms with Crippen LogP contribution in [0.15, 0.2) is 48.5 Å². The van der Waals surface area contributed by atoms with Gasteiger partial charge in [0.2, 0.25) is 17.7 Å². The van der Waals surface area contributed by atoms with E-state index in [0.29, 0.717) is 30.5 Å². The van der Waals surface area contributed by atoms with Gasteiger partial charge in [-0.25, -0.2) is 4.79 Å². The van der Waals surface area contributed by atoms with Gasteiger partial charge in [-0.2, -0.15) is 0 Å². The number of hydrogen-bond acceptors (Lipinski definition) is 9. The Morgan fingerprint density at radius 1 is 0.651 bits per heavy atom. The van der Waals surface area contributed by atoms with Crippen LogP contribution in [-0.4, -0.2) is 80.8 Å². The Morgan fingerprint density at radius 2 is 1.14 bits per heavy atom. The average Bonchev–Trinajstić information content (AvgIpc) is 2.96. The van der Waals surface area contributed by atoms with Gasteiger partial charge in [-0.1, -0.05) is 24.3 Å². The number of carbonyl (C=O) groups is 5. The standard InChI is InChI=1S/C29H39N5O9/c30-14-2-1-3-22(32-26(39)21(31)15-17-4-8-19(35)9-5-17)27(40)34-24(16-18-6-10-20(36)11-7-18)28(41)33-23(29(42)43)12-13-25(37)38/h4-11,21-24,35-36H,1-3,12-16,30-31H2,(H,32,39)(H,33,41)(H,34,40)(H,37,38)(H,42,43). The number of rotatable bonds is 18. The average molecular weight is 602 g/mol. The first-order valence-corrected chi connectivity index (χ1v) is 13.8. The summed E-state index contributed by atoms with van der Waals surface area (Å²) < 4.78 is 0. The fraction of sp³-hybridized carbons (Fsp3) is 0.414. The summed E-state index contributed by atoms with van der Waals surface area (Å²) in [5.74, 6) is -4.89. The monoisotopic (exact) mass is 601 g/mol. The Hall–Kier alpha value is -4.69. The van der Waals surface area contributed by atoms with Crippen molar-refractivity contribution in [2.75, 3.05) is 6.54 Å². The van der Waals surface area contributed by atoms with Crippen LogP contribution in [0, 0.1) is 0 Å². The normalized spacial score (nSPS) is 13.6. The maximum absolute atomic E-state index is 13.4. The van der Waals surface area contributed by atoms with E-state index in [0.717, 1.165) is 0 Å². The highest BCUT2D eigenvalue weighted by Crippen LogP contribution is 2.14. The van der Waals surface area contributed by atoms with Crippen LogP contribution < -0.4 is 27.4 Å². The smallest absolute Gasteiger partial charge is 0.326 e. The number of amides is 3. The second-order valence-corrected chi connectivity index (χ2v) is 10.1. The van der Waals surface area contributed by atoms with Gasteiger partial charge in [0.05, 0.1) is 6.04 Å². The lowest BCUT2D eigenvalue weighted by Crippen LogP contribution is -2.57. The molecule has 4 unspecified atom stereocenters. The van der Waals surface area contributed by atoms with Crippen molar-refractivity contribution in [3.8, 4) is 11.5 Å². The summed E-state index contributed by atoms with van der Waals surface area (Å²) in [4.78, 5) is 62.2. The van der Waals surface area contributed by atoms with Crippen LogP contribution >= 0.6 is 0 Å². The molecule has 4 atom stereocenters. The summed E-state index contributed by atoms with van der Waals surface area (Å²) in [5, 5.41) is 45.0. The molecule has 0 aromatic heterocycles. The predicted octanol–water partition coefficient (Wildman–Crippen LogP) is -0.257. The van der Waals surface area contributed by atoms with E-state index in [4.69, 9.17) is 16.6 Å². The molecule has 43 heavy (non-hydrogen) atoms. The maximum atomic E-state index is 13.4. The number of phenols is 2. The largest absolute Gasteiger partial charge is 0.508 e. The Bertz CT molecular complexity index is 1240. The summed E-state index contributed by atoms with van der Waals surface area (Å²) >= 11 is 0. The number of unbranched alkanes of at least 4 members (excludes halogenated alkanes) is 1. The van der Waals surface area contributed by atoms with Gasteiger partial charge in [-0.05, 0) is 74.0 Å². The number of carboxylic acid groups (broad SMARTS) is 2. The number of aromatic hydroxyl groups is 2. The lowest BCUT2D eigenvalue weighted by Gasteiger charge is -2.25. The van der Waals surface area contributed by atoms with Gasteiger partial charge in [0.25, 0.3) is 0 Å². The second-order valence-electron chi connectivity index (χ2n) is 10.1. The predicted molar refractivity (Wildman–Crippen MR) is 155 cm³/mol. The first kappa shape index (κ1) is 34.5. The SMILES string of the molecule is NCCCCC(NC(=O)C(N)Cc1ccc(O)cc1)C(=O)NC(Cc1ccc(O)cc1)C(=O)NC(CCC(=O)O)C(=O)O. The third kappa shape index (κ3) is 12.4. The van der Waals surface area contributed by atoms with Crippen molar-refractivity contribution in [1.29, 1.82) is 0 Å². The van der Waals surface area contributed by atoms with Crippen molar-refractivity contribution in [3.05, 3.63) is 59.7 Å². The molecule has 0 bridgehead atoms. The molecule has 14 heteroatoms. The van der Waals surface area contributed by atoms with Gasteiger partial charge >= 0.3 is 11.9 Å². The molecule has 0 aliphatic rings. The second kappa shape index (κ2) is 17.3. The zero-order valence-electron chi connectivity index (χ0n) is 23.6. The van der Waals surface area contributed by atoms with Crippen molar-refractivity contribution in [1.82, 2.24) is 16.0 Å². The zero-order valence-corrected chi connectivity index (χ0v) is 23.6. The number of carboxylic acids is 2. The number of hydrogen-bond donors (Lipinski definition) is 9.